The number of thiophene rings is 1. The van der Waals surface area contributed by atoms with Crippen molar-refractivity contribution in [1.29, 1.82) is 0 Å². The molecule has 0 aliphatic carbocycles. The first-order valence-electron chi connectivity index (χ1n) is 6.83. The second-order valence-corrected chi connectivity index (χ2v) is 5.98. The second-order valence-electron chi connectivity index (χ2n) is 4.63. The monoisotopic (exact) mass is 309 g/mol. The molecule has 1 unspecified atom stereocenters. The summed E-state index contributed by atoms with van der Waals surface area (Å²) in [6.07, 6.45) is 2.07. The van der Waals surface area contributed by atoms with Crippen LogP contribution in [0.2, 0.25) is 5.02 Å². The maximum Gasteiger partial charge on any atom is 0.118 e. The first kappa shape index (κ1) is 15.4. The normalized spacial score (nSPS) is 12.3. The zero-order chi connectivity index (χ0) is 14.4. The lowest BCUT2D eigenvalue weighted by Crippen LogP contribution is -2.20. The molecular formula is C16H20ClNOS. The average Bonchev–Trinajstić information content (AvgIpc) is 2.90. The molecule has 0 aliphatic rings. The lowest BCUT2D eigenvalue weighted by Gasteiger charge is -2.17. The molecule has 0 bridgehead atoms. The molecule has 1 aromatic carbocycles. The van der Waals surface area contributed by atoms with E-state index in [1.54, 1.807) is 18.4 Å². The van der Waals surface area contributed by atoms with Crippen LogP contribution in [0.3, 0.4) is 0 Å². The minimum atomic E-state index is 0.328. The third kappa shape index (κ3) is 3.98. The highest BCUT2D eigenvalue weighted by Crippen LogP contribution is 2.31. The van der Waals surface area contributed by atoms with Gasteiger partial charge in [0, 0.05) is 10.9 Å². The molecule has 1 N–H and O–H groups in total. The van der Waals surface area contributed by atoms with Crippen LogP contribution in [-0.2, 0) is 6.42 Å². The predicted octanol–water partition coefficient (Wildman–Crippen LogP) is 4.69. The summed E-state index contributed by atoms with van der Waals surface area (Å²) in [6.45, 7) is 3.07. The highest BCUT2D eigenvalue weighted by molar-refractivity contribution is 7.10. The van der Waals surface area contributed by atoms with Crippen LogP contribution in [0.25, 0.3) is 0 Å². The molecule has 2 rings (SSSR count). The van der Waals surface area contributed by atoms with Crippen molar-refractivity contribution < 1.29 is 4.74 Å². The number of nitrogens with one attached hydrogen (secondary N) is 1. The van der Waals surface area contributed by atoms with Crippen molar-refractivity contribution in [3.05, 3.63) is 51.2 Å². The Morgan fingerprint density at radius 2 is 2.00 bits per heavy atom. The van der Waals surface area contributed by atoms with Gasteiger partial charge >= 0.3 is 0 Å². The van der Waals surface area contributed by atoms with Gasteiger partial charge in [0.25, 0.3) is 0 Å². The third-order valence-electron chi connectivity index (χ3n) is 3.29. The number of methoxy groups -OCH3 is 1. The lowest BCUT2D eigenvalue weighted by molar-refractivity contribution is 0.414. The summed E-state index contributed by atoms with van der Waals surface area (Å²) in [7, 11) is 1.69. The fourth-order valence-electron chi connectivity index (χ4n) is 2.23. The fourth-order valence-corrected chi connectivity index (χ4v) is 3.53. The quantitative estimate of drug-likeness (QED) is 0.801. The van der Waals surface area contributed by atoms with Crippen molar-refractivity contribution in [2.75, 3.05) is 13.7 Å². The van der Waals surface area contributed by atoms with Gasteiger partial charge in [0.1, 0.15) is 5.75 Å². The number of aryl methyl sites for hydroxylation is 1. The Morgan fingerprint density at radius 3 is 2.55 bits per heavy atom. The van der Waals surface area contributed by atoms with Crippen LogP contribution in [0.1, 0.15) is 29.8 Å². The minimum absolute atomic E-state index is 0.328. The van der Waals surface area contributed by atoms with Gasteiger partial charge in [-0.25, -0.2) is 0 Å². The van der Waals surface area contributed by atoms with Gasteiger partial charge in [0.2, 0.25) is 0 Å². The number of benzene rings is 1. The molecule has 2 nitrogen and oxygen atoms in total. The Kier molecular flexibility index (Phi) is 5.89. The lowest BCUT2D eigenvalue weighted by atomic mass is 10.0. The van der Waals surface area contributed by atoms with Gasteiger partial charge in [-0.3, -0.25) is 0 Å². The summed E-state index contributed by atoms with van der Waals surface area (Å²) < 4.78 is 5.18. The molecule has 2 aromatic rings. The predicted molar refractivity (Wildman–Crippen MR) is 87.1 cm³/mol. The fraction of sp³-hybridized carbons (Fsp3) is 0.375. The number of ether oxygens (including phenoxy) is 1. The zero-order valence-corrected chi connectivity index (χ0v) is 13.4. The summed E-state index contributed by atoms with van der Waals surface area (Å²) >= 11 is 7.97. The Balaban J connectivity index is 2.00. The molecule has 108 valence electrons. The van der Waals surface area contributed by atoms with Crippen molar-refractivity contribution in [1.82, 2.24) is 5.32 Å². The largest absolute Gasteiger partial charge is 0.497 e. The van der Waals surface area contributed by atoms with Crippen LogP contribution in [-0.4, -0.2) is 13.7 Å². The molecule has 0 fully saturated rings. The number of rotatable bonds is 7. The number of hydrogen-bond acceptors (Lipinski definition) is 3. The van der Waals surface area contributed by atoms with E-state index in [-0.39, 0.29) is 0 Å². The first-order valence-corrected chi connectivity index (χ1v) is 8.09. The van der Waals surface area contributed by atoms with Crippen LogP contribution >= 0.6 is 22.9 Å². The molecule has 1 heterocycles. The summed E-state index contributed by atoms with van der Waals surface area (Å²) in [5.41, 5.74) is 1.32. The van der Waals surface area contributed by atoms with Gasteiger partial charge in [-0.15, -0.1) is 11.3 Å². The van der Waals surface area contributed by atoms with Crippen LogP contribution in [0.5, 0.6) is 5.75 Å². The summed E-state index contributed by atoms with van der Waals surface area (Å²) in [5, 5.41) is 6.44. The Morgan fingerprint density at radius 1 is 1.25 bits per heavy atom. The molecular weight excluding hydrogens is 290 g/mol. The summed E-state index contributed by atoms with van der Waals surface area (Å²) in [6, 6.07) is 10.6. The van der Waals surface area contributed by atoms with Crippen molar-refractivity contribution >= 4 is 22.9 Å². The van der Waals surface area contributed by atoms with Crippen LogP contribution in [0, 0.1) is 0 Å². The Bertz CT molecular complexity index is 524. The summed E-state index contributed by atoms with van der Waals surface area (Å²) in [4.78, 5) is 1.24. The molecule has 0 spiro atoms. The van der Waals surface area contributed by atoms with E-state index in [9.17, 15) is 0 Å². The maximum absolute atomic E-state index is 6.25. The van der Waals surface area contributed by atoms with Crippen molar-refractivity contribution in [2.24, 2.45) is 0 Å². The maximum atomic E-state index is 6.25. The molecule has 0 saturated carbocycles. The Hall–Kier alpha value is -1.03. The van der Waals surface area contributed by atoms with Crippen LogP contribution in [0.15, 0.2) is 35.7 Å². The Labute approximate surface area is 129 Å². The molecule has 4 heteroatoms. The van der Waals surface area contributed by atoms with E-state index >= 15 is 0 Å². The van der Waals surface area contributed by atoms with E-state index < -0.39 is 0 Å². The molecule has 0 radical (unpaired) electrons. The molecule has 0 aliphatic heterocycles. The highest BCUT2D eigenvalue weighted by Gasteiger charge is 2.15. The highest BCUT2D eigenvalue weighted by atomic mass is 35.5. The first-order chi connectivity index (χ1) is 9.74. The van der Waals surface area contributed by atoms with E-state index in [4.69, 9.17) is 16.3 Å². The molecule has 20 heavy (non-hydrogen) atoms. The summed E-state index contributed by atoms with van der Waals surface area (Å²) in [5.74, 6) is 0.901. The molecule has 1 aromatic heterocycles. The van der Waals surface area contributed by atoms with Crippen molar-refractivity contribution in [3.63, 3.8) is 0 Å². The zero-order valence-electron chi connectivity index (χ0n) is 11.9. The van der Waals surface area contributed by atoms with Gasteiger partial charge in [-0.05, 0) is 48.5 Å². The van der Waals surface area contributed by atoms with Gasteiger partial charge in [0.15, 0.2) is 0 Å². The standard InChI is InChI=1S/C16H20ClNOS/c1-3-18-15(16-14(17)10-11-20-16)9-6-12-4-7-13(19-2)8-5-12/h4-5,7-8,10-11,15,18H,3,6,9H2,1-2H3. The van der Waals surface area contributed by atoms with Crippen LogP contribution < -0.4 is 10.1 Å². The van der Waals surface area contributed by atoms with E-state index in [1.165, 1.54) is 10.4 Å². The van der Waals surface area contributed by atoms with Crippen molar-refractivity contribution in [2.45, 2.75) is 25.8 Å². The van der Waals surface area contributed by atoms with Crippen molar-refractivity contribution in [3.8, 4) is 5.75 Å². The van der Waals surface area contributed by atoms with E-state index in [0.717, 1.165) is 30.2 Å². The van der Waals surface area contributed by atoms with Gasteiger partial charge in [0.05, 0.1) is 12.1 Å². The number of hydrogen-bond donors (Lipinski definition) is 1. The van der Waals surface area contributed by atoms with Gasteiger partial charge in [-0.2, -0.15) is 0 Å². The third-order valence-corrected chi connectivity index (χ3v) is 4.76. The molecule has 0 saturated heterocycles. The molecule has 1 atom stereocenters. The van der Waals surface area contributed by atoms with E-state index in [2.05, 4.69) is 29.8 Å². The molecule has 0 amide bonds. The van der Waals surface area contributed by atoms with E-state index in [0.29, 0.717) is 6.04 Å². The minimum Gasteiger partial charge on any atom is -0.497 e. The average molecular weight is 310 g/mol. The van der Waals surface area contributed by atoms with Crippen LogP contribution in [0.4, 0.5) is 0 Å². The SMILES string of the molecule is CCNC(CCc1ccc(OC)cc1)c1sccc1Cl. The van der Waals surface area contributed by atoms with Gasteiger partial charge in [-0.1, -0.05) is 30.7 Å². The van der Waals surface area contributed by atoms with Gasteiger partial charge < -0.3 is 10.1 Å². The topological polar surface area (TPSA) is 21.3 Å². The van der Waals surface area contributed by atoms with E-state index in [1.807, 2.05) is 18.2 Å². The second kappa shape index (κ2) is 7.67. The number of halogens is 1. The smallest absolute Gasteiger partial charge is 0.118 e.